The van der Waals surface area contributed by atoms with Crippen LogP contribution in [0.25, 0.3) is 11.0 Å². The molecule has 3 aromatic rings. The van der Waals surface area contributed by atoms with Crippen molar-refractivity contribution >= 4 is 16.9 Å². The lowest BCUT2D eigenvalue weighted by atomic mass is 10.2. The van der Waals surface area contributed by atoms with Crippen LogP contribution in [0.3, 0.4) is 0 Å². The van der Waals surface area contributed by atoms with Gasteiger partial charge in [0.2, 0.25) is 0 Å². The van der Waals surface area contributed by atoms with E-state index in [1.165, 1.54) is 18.4 Å². The number of imidazole rings is 1. The molecule has 142 valence electrons. The summed E-state index contributed by atoms with van der Waals surface area (Å²) in [5.41, 5.74) is 2.73. The maximum atomic E-state index is 12.5. The number of rotatable bonds is 9. The highest BCUT2D eigenvalue weighted by atomic mass is 16.5. The number of aryl methyl sites for hydroxylation is 1. The second-order valence-corrected chi connectivity index (χ2v) is 6.58. The Kier molecular flexibility index (Phi) is 6.47. The third-order valence-corrected chi connectivity index (χ3v) is 4.70. The number of benzene rings is 2. The van der Waals surface area contributed by atoms with Crippen LogP contribution in [0.15, 0.2) is 48.5 Å². The topological polar surface area (TPSA) is 56.2 Å². The lowest BCUT2D eigenvalue weighted by Crippen LogP contribution is -2.27. The summed E-state index contributed by atoms with van der Waals surface area (Å²) >= 11 is 0. The molecule has 1 amide bonds. The van der Waals surface area contributed by atoms with Crippen LogP contribution in [-0.2, 0) is 13.0 Å². The number of carbonyl (C=O) groups is 1. The minimum absolute atomic E-state index is 0.124. The average molecular weight is 365 g/mol. The van der Waals surface area contributed by atoms with Crippen LogP contribution in [0.2, 0.25) is 0 Å². The second-order valence-electron chi connectivity index (χ2n) is 6.58. The number of hydrogen-bond donors (Lipinski definition) is 1. The number of unbranched alkanes of at least 4 members (excludes halogenated alkanes) is 2. The van der Waals surface area contributed by atoms with Crippen LogP contribution in [0.4, 0.5) is 0 Å². The Bertz CT molecular complexity index is 901. The molecule has 2 aromatic carbocycles. The summed E-state index contributed by atoms with van der Waals surface area (Å²) in [7, 11) is 1.57. The Labute approximate surface area is 160 Å². The van der Waals surface area contributed by atoms with Gasteiger partial charge >= 0.3 is 0 Å². The first-order chi connectivity index (χ1) is 13.2. The number of nitrogens with one attached hydrogen (secondary N) is 1. The molecule has 0 aliphatic carbocycles. The van der Waals surface area contributed by atoms with E-state index in [1.807, 2.05) is 30.3 Å². The quantitative estimate of drug-likeness (QED) is 0.578. The molecule has 27 heavy (non-hydrogen) atoms. The molecule has 5 nitrogen and oxygen atoms in total. The number of para-hydroxylation sites is 3. The smallest absolute Gasteiger partial charge is 0.255 e. The third kappa shape index (κ3) is 4.48. The van der Waals surface area contributed by atoms with Gasteiger partial charge in [0.1, 0.15) is 11.6 Å². The van der Waals surface area contributed by atoms with E-state index in [0.717, 1.165) is 24.3 Å². The highest BCUT2D eigenvalue weighted by molar-refractivity contribution is 5.96. The number of fused-ring (bicyclic) bond motifs is 1. The van der Waals surface area contributed by atoms with Crippen molar-refractivity contribution in [3.8, 4) is 5.75 Å². The summed E-state index contributed by atoms with van der Waals surface area (Å²) in [5.74, 6) is 1.48. The van der Waals surface area contributed by atoms with Crippen molar-refractivity contribution in [1.29, 1.82) is 0 Å². The molecule has 0 aliphatic rings. The van der Waals surface area contributed by atoms with E-state index in [9.17, 15) is 4.79 Å². The molecule has 0 atom stereocenters. The highest BCUT2D eigenvalue weighted by Gasteiger charge is 2.13. The zero-order valence-corrected chi connectivity index (χ0v) is 16.1. The normalized spacial score (nSPS) is 10.9. The van der Waals surface area contributed by atoms with Gasteiger partial charge in [0, 0.05) is 19.5 Å². The molecule has 0 radical (unpaired) electrons. The molecule has 1 N–H and O–H groups in total. The van der Waals surface area contributed by atoms with Crippen molar-refractivity contribution in [3.63, 3.8) is 0 Å². The zero-order chi connectivity index (χ0) is 19.1. The maximum absolute atomic E-state index is 12.5. The minimum atomic E-state index is -0.124. The molecule has 0 spiro atoms. The first-order valence-corrected chi connectivity index (χ1v) is 9.60. The summed E-state index contributed by atoms with van der Waals surface area (Å²) in [6, 6.07) is 15.5. The second kappa shape index (κ2) is 9.21. The van der Waals surface area contributed by atoms with Crippen LogP contribution < -0.4 is 10.1 Å². The fourth-order valence-corrected chi connectivity index (χ4v) is 3.30. The lowest BCUT2D eigenvalue weighted by molar-refractivity contribution is 0.0951. The summed E-state index contributed by atoms with van der Waals surface area (Å²) in [5, 5.41) is 2.99. The van der Waals surface area contributed by atoms with E-state index in [4.69, 9.17) is 9.72 Å². The first-order valence-electron chi connectivity index (χ1n) is 9.60. The number of amides is 1. The van der Waals surface area contributed by atoms with Gasteiger partial charge in [-0.05, 0) is 30.7 Å². The summed E-state index contributed by atoms with van der Waals surface area (Å²) in [6.07, 6.45) is 4.23. The molecule has 0 aliphatic heterocycles. The monoisotopic (exact) mass is 365 g/mol. The van der Waals surface area contributed by atoms with Gasteiger partial charge < -0.3 is 14.6 Å². The fourth-order valence-electron chi connectivity index (χ4n) is 3.30. The van der Waals surface area contributed by atoms with Crippen molar-refractivity contribution in [3.05, 3.63) is 59.9 Å². The Morgan fingerprint density at radius 1 is 1.11 bits per heavy atom. The molecule has 1 aromatic heterocycles. The molecule has 0 bridgehead atoms. The van der Waals surface area contributed by atoms with E-state index >= 15 is 0 Å². The van der Waals surface area contributed by atoms with Gasteiger partial charge in [-0.2, -0.15) is 0 Å². The zero-order valence-electron chi connectivity index (χ0n) is 16.1. The van der Waals surface area contributed by atoms with E-state index in [-0.39, 0.29) is 5.91 Å². The Hall–Kier alpha value is -2.82. The number of nitrogens with zero attached hydrogens (tertiary/aromatic N) is 2. The third-order valence-electron chi connectivity index (χ3n) is 4.70. The standard InChI is InChI=1S/C22H27N3O2/c1-3-4-9-16-25-19-12-7-6-11-18(19)24-21(25)14-15-23-22(26)17-10-5-8-13-20(17)27-2/h5-8,10-13H,3-4,9,14-16H2,1-2H3,(H,23,26). The van der Waals surface area contributed by atoms with Gasteiger partial charge in [-0.3, -0.25) is 4.79 Å². The molecule has 1 heterocycles. The van der Waals surface area contributed by atoms with Crippen LogP contribution in [-0.4, -0.2) is 29.1 Å². The van der Waals surface area contributed by atoms with E-state index < -0.39 is 0 Å². The molecule has 0 saturated heterocycles. The van der Waals surface area contributed by atoms with E-state index in [0.29, 0.717) is 24.3 Å². The van der Waals surface area contributed by atoms with Gasteiger partial charge in [-0.25, -0.2) is 4.98 Å². The average Bonchev–Trinajstić information content (AvgIpc) is 3.05. The van der Waals surface area contributed by atoms with E-state index in [2.05, 4.69) is 22.9 Å². The van der Waals surface area contributed by atoms with Crippen LogP contribution >= 0.6 is 0 Å². The Morgan fingerprint density at radius 2 is 1.89 bits per heavy atom. The summed E-state index contributed by atoms with van der Waals surface area (Å²) in [4.78, 5) is 17.2. The van der Waals surface area contributed by atoms with Crippen molar-refractivity contribution in [1.82, 2.24) is 14.9 Å². The van der Waals surface area contributed by atoms with Crippen LogP contribution in [0.5, 0.6) is 5.75 Å². The predicted octanol–water partition coefficient (Wildman–Crippen LogP) is 4.21. The van der Waals surface area contributed by atoms with Crippen molar-refractivity contribution < 1.29 is 9.53 Å². The SMILES string of the molecule is CCCCCn1c(CCNC(=O)c2ccccc2OC)nc2ccccc21. The van der Waals surface area contributed by atoms with Gasteiger partial charge in [-0.1, -0.05) is 44.0 Å². The number of aromatic nitrogens is 2. The number of ether oxygens (including phenoxy) is 1. The summed E-state index contributed by atoms with van der Waals surface area (Å²) < 4.78 is 7.56. The Morgan fingerprint density at radius 3 is 2.70 bits per heavy atom. The molecule has 0 fully saturated rings. The molecule has 0 unspecified atom stereocenters. The van der Waals surface area contributed by atoms with Gasteiger partial charge in [0.15, 0.2) is 0 Å². The lowest BCUT2D eigenvalue weighted by Gasteiger charge is -2.11. The molecular weight excluding hydrogens is 338 g/mol. The molecule has 0 saturated carbocycles. The highest BCUT2D eigenvalue weighted by Crippen LogP contribution is 2.19. The molecule has 5 heteroatoms. The number of hydrogen-bond acceptors (Lipinski definition) is 3. The van der Waals surface area contributed by atoms with E-state index in [1.54, 1.807) is 19.2 Å². The maximum Gasteiger partial charge on any atom is 0.255 e. The van der Waals surface area contributed by atoms with Gasteiger partial charge in [-0.15, -0.1) is 0 Å². The van der Waals surface area contributed by atoms with Gasteiger partial charge in [0.25, 0.3) is 5.91 Å². The number of carbonyl (C=O) groups excluding carboxylic acids is 1. The fraction of sp³-hybridized carbons (Fsp3) is 0.364. The van der Waals surface area contributed by atoms with Crippen molar-refractivity contribution in [2.24, 2.45) is 0 Å². The Balaban J connectivity index is 1.69. The summed E-state index contributed by atoms with van der Waals surface area (Å²) in [6.45, 7) is 3.71. The van der Waals surface area contributed by atoms with Gasteiger partial charge in [0.05, 0.1) is 23.7 Å². The molecule has 3 rings (SSSR count). The van der Waals surface area contributed by atoms with Crippen LogP contribution in [0.1, 0.15) is 42.4 Å². The van der Waals surface area contributed by atoms with Crippen molar-refractivity contribution in [2.75, 3.05) is 13.7 Å². The van der Waals surface area contributed by atoms with Crippen molar-refractivity contribution in [2.45, 2.75) is 39.2 Å². The first kappa shape index (κ1) is 19.0. The largest absolute Gasteiger partial charge is 0.496 e. The number of methoxy groups -OCH3 is 1. The van der Waals surface area contributed by atoms with Crippen LogP contribution in [0, 0.1) is 0 Å². The molecular formula is C22H27N3O2. The minimum Gasteiger partial charge on any atom is -0.496 e. The predicted molar refractivity (Wildman–Crippen MR) is 108 cm³/mol.